The van der Waals surface area contributed by atoms with Gasteiger partial charge in [-0.3, -0.25) is 9.59 Å². The van der Waals surface area contributed by atoms with Crippen molar-refractivity contribution >= 4 is 23.5 Å². The minimum Gasteiger partial charge on any atom is -0.352 e. The molecule has 0 fully saturated rings. The van der Waals surface area contributed by atoms with Gasteiger partial charge >= 0.3 is 6.03 Å². The Bertz CT molecular complexity index is 568. The molecular weight excluding hydrogens is 308 g/mol. The normalized spacial score (nSPS) is 10.2. The summed E-state index contributed by atoms with van der Waals surface area (Å²) in [4.78, 5) is 36.5. The molecular formula is C17H26N4O3. The van der Waals surface area contributed by atoms with E-state index in [1.165, 1.54) is 4.90 Å². The molecule has 0 bridgehead atoms. The maximum Gasteiger partial charge on any atom is 0.319 e. The van der Waals surface area contributed by atoms with Gasteiger partial charge in [0, 0.05) is 44.9 Å². The van der Waals surface area contributed by atoms with Crippen LogP contribution in [-0.4, -0.2) is 49.9 Å². The van der Waals surface area contributed by atoms with E-state index in [4.69, 9.17) is 0 Å². The lowest BCUT2D eigenvalue weighted by atomic mass is 10.1. The molecule has 0 spiro atoms. The Balaban J connectivity index is 2.42. The third-order valence-corrected chi connectivity index (χ3v) is 3.20. The Kier molecular flexibility index (Phi) is 7.74. The summed E-state index contributed by atoms with van der Waals surface area (Å²) in [5.74, 6) is 0.201. The Morgan fingerprint density at radius 1 is 1.04 bits per heavy atom. The summed E-state index contributed by atoms with van der Waals surface area (Å²) in [6.45, 7) is 4.93. The Hall–Kier alpha value is -2.57. The van der Waals surface area contributed by atoms with E-state index in [0.29, 0.717) is 23.7 Å². The van der Waals surface area contributed by atoms with Crippen LogP contribution in [0.3, 0.4) is 0 Å². The highest BCUT2D eigenvalue weighted by atomic mass is 16.2. The number of carbonyl (C=O) groups is 3. The number of benzene rings is 1. The van der Waals surface area contributed by atoms with Gasteiger partial charge in [-0.15, -0.1) is 0 Å². The molecule has 7 nitrogen and oxygen atoms in total. The second kappa shape index (κ2) is 9.54. The SMILES string of the molecule is CC(C)CNC(=O)c1ccc(NC(=O)NCCC(=O)N(C)C)cc1. The summed E-state index contributed by atoms with van der Waals surface area (Å²) in [6.07, 6.45) is 0.245. The lowest BCUT2D eigenvalue weighted by Crippen LogP contribution is -2.33. The summed E-state index contributed by atoms with van der Waals surface area (Å²) in [6, 6.07) is 6.24. The van der Waals surface area contributed by atoms with Crippen LogP contribution >= 0.6 is 0 Å². The first-order valence-electron chi connectivity index (χ1n) is 7.93. The van der Waals surface area contributed by atoms with Crippen molar-refractivity contribution in [1.82, 2.24) is 15.5 Å². The average molecular weight is 334 g/mol. The highest BCUT2D eigenvalue weighted by Gasteiger charge is 2.08. The highest BCUT2D eigenvalue weighted by Crippen LogP contribution is 2.09. The minimum absolute atomic E-state index is 0.0490. The van der Waals surface area contributed by atoms with E-state index in [1.54, 1.807) is 38.4 Å². The quantitative estimate of drug-likeness (QED) is 0.708. The topological polar surface area (TPSA) is 90.5 Å². The second-order valence-corrected chi connectivity index (χ2v) is 6.10. The third-order valence-electron chi connectivity index (χ3n) is 3.20. The summed E-state index contributed by atoms with van der Waals surface area (Å²) < 4.78 is 0. The molecule has 1 aromatic rings. The van der Waals surface area contributed by atoms with Gasteiger partial charge < -0.3 is 20.9 Å². The molecule has 1 rings (SSSR count). The molecule has 132 valence electrons. The molecule has 0 saturated carbocycles. The molecule has 0 aliphatic carbocycles. The molecule has 0 aromatic heterocycles. The van der Waals surface area contributed by atoms with Crippen molar-refractivity contribution < 1.29 is 14.4 Å². The van der Waals surface area contributed by atoms with Gasteiger partial charge in [-0.25, -0.2) is 4.79 Å². The van der Waals surface area contributed by atoms with Crippen LogP contribution in [0, 0.1) is 5.92 Å². The smallest absolute Gasteiger partial charge is 0.319 e. The van der Waals surface area contributed by atoms with Crippen LogP contribution in [-0.2, 0) is 4.79 Å². The molecule has 0 heterocycles. The molecule has 7 heteroatoms. The fraction of sp³-hybridized carbons (Fsp3) is 0.471. The summed E-state index contributed by atoms with van der Waals surface area (Å²) in [7, 11) is 3.34. The van der Waals surface area contributed by atoms with Crippen LogP contribution in [0.1, 0.15) is 30.6 Å². The van der Waals surface area contributed by atoms with E-state index in [9.17, 15) is 14.4 Å². The maximum atomic E-state index is 11.9. The van der Waals surface area contributed by atoms with Crippen molar-refractivity contribution in [3.63, 3.8) is 0 Å². The van der Waals surface area contributed by atoms with Crippen LogP contribution in [0.15, 0.2) is 24.3 Å². The number of hydrogen-bond donors (Lipinski definition) is 3. The zero-order chi connectivity index (χ0) is 18.1. The first-order chi connectivity index (χ1) is 11.3. The van der Waals surface area contributed by atoms with Crippen molar-refractivity contribution in [3.05, 3.63) is 29.8 Å². The fourth-order valence-electron chi connectivity index (χ4n) is 1.79. The molecule has 1 aromatic carbocycles. The van der Waals surface area contributed by atoms with Gasteiger partial charge in [-0.2, -0.15) is 0 Å². The van der Waals surface area contributed by atoms with Crippen LogP contribution < -0.4 is 16.0 Å². The van der Waals surface area contributed by atoms with Gasteiger partial charge in [0.1, 0.15) is 0 Å². The second-order valence-electron chi connectivity index (χ2n) is 6.10. The van der Waals surface area contributed by atoms with Crippen molar-refractivity contribution in [3.8, 4) is 0 Å². The number of anilines is 1. The van der Waals surface area contributed by atoms with Crippen LogP contribution in [0.2, 0.25) is 0 Å². The van der Waals surface area contributed by atoms with E-state index >= 15 is 0 Å². The average Bonchev–Trinajstić information content (AvgIpc) is 2.53. The molecule has 0 unspecified atom stereocenters. The van der Waals surface area contributed by atoms with Gasteiger partial charge in [0.2, 0.25) is 5.91 Å². The number of amides is 4. The number of nitrogens with zero attached hydrogens (tertiary/aromatic N) is 1. The molecule has 0 atom stereocenters. The van der Waals surface area contributed by atoms with E-state index in [0.717, 1.165) is 0 Å². The summed E-state index contributed by atoms with van der Waals surface area (Å²) >= 11 is 0. The monoisotopic (exact) mass is 334 g/mol. The highest BCUT2D eigenvalue weighted by molar-refractivity contribution is 5.95. The first-order valence-corrected chi connectivity index (χ1v) is 7.93. The Morgan fingerprint density at radius 2 is 1.67 bits per heavy atom. The van der Waals surface area contributed by atoms with E-state index in [2.05, 4.69) is 16.0 Å². The van der Waals surface area contributed by atoms with Gasteiger partial charge in [0.25, 0.3) is 5.91 Å². The van der Waals surface area contributed by atoms with Crippen molar-refractivity contribution in [2.24, 2.45) is 5.92 Å². The van der Waals surface area contributed by atoms with Gasteiger partial charge in [0.05, 0.1) is 0 Å². The number of nitrogens with one attached hydrogen (secondary N) is 3. The van der Waals surface area contributed by atoms with Crippen molar-refractivity contribution in [2.45, 2.75) is 20.3 Å². The Labute approximate surface area is 142 Å². The van der Waals surface area contributed by atoms with Crippen molar-refractivity contribution in [2.75, 3.05) is 32.5 Å². The first kappa shape index (κ1) is 19.5. The van der Waals surface area contributed by atoms with E-state index < -0.39 is 6.03 Å². The van der Waals surface area contributed by atoms with E-state index in [1.807, 2.05) is 13.8 Å². The maximum absolute atomic E-state index is 11.9. The summed E-state index contributed by atoms with van der Waals surface area (Å²) in [5.41, 5.74) is 1.12. The predicted molar refractivity (Wildman–Crippen MR) is 93.9 cm³/mol. The lowest BCUT2D eigenvalue weighted by Gasteiger charge is -2.11. The number of urea groups is 1. The minimum atomic E-state index is -0.390. The number of rotatable bonds is 7. The Morgan fingerprint density at radius 3 is 2.21 bits per heavy atom. The molecule has 0 saturated heterocycles. The zero-order valence-electron chi connectivity index (χ0n) is 14.7. The molecule has 0 radical (unpaired) electrons. The molecule has 0 aliphatic heterocycles. The standard InChI is InChI=1S/C17H26N4O3/c1-12(2)11-19-16(23)13-5-7-14(8-6-13)20-17(24)18-10-9-15(22)21(3)4/h5-8,12H,9-11H2,1-4H3,(H,19,23)(H2,18,20,24). The fourth-order valence-corrected chi connectivity index (χ4v) is 1.79. The van der Waals surface area contributed by atoms with Crippen molar-refractivity contribution in [1.29, 1.82) is 0 Å². The third kappa shape index (κ3) is 7.13. The predicted octanol–water partition coefficient (Wildman–Crippen LogP) is 1.67. The van der Waals surface area contributed by atoms with Gasteiger partial charge in [0.15, 0.2) is 0 Å². The largest absolute Gasteiger partial charge is 0.352 e. The molecule has 3 N–H and O–H groups in total. The number of carbonyl (C=O) groups excluding carboxylic acids is 3. The number of hydrogen-bond acceptors (Lipinski definition) is 3. The molecule has 24 heavy (non-hydrogen) atoms. The van der Waals surface area contributed by atoms with Crippen LogP contribution in [0.5, 0.6) is 0 Å². The van der Waals surface area contributed by atoms with Crippen LogP contribution in [0.25, 0.3) is 0 Å². The molecule has 4 amide bonds. The molecule has 0 aliphatic rings. The lowest BCUT2D eigenvalue weighted by molar-refractivity contribution is -0.128. The van der Waals surface area contributed by atoms with E-state index in [-0.39, 0.29) is 24.8 Å². The zero-order valence-corrected chi connectivity index (χ0v) is 14.7. The van der Waals surface area contributed by atoms with Gasteiger partial charge in [-0.05, 0) is 30.2 Å². The van der Waals surface area contributed by atoms with Crippen LogP contribution in [0.4, 0.5) is 10.5 Å². The van der Waals surface area contributed by atoms with Gasteiger partial charge in [-0.1, -0.05) is 13.8 Å². The summed E-state index contributed by atoms with van der Waals surface area (Å²) in [5, 5.41) is 8.10.